The minimum Gasteiger partial charge on any atom is -0.486 e. The zero-order chi connectivity index (χ0) is 28.0. The highest BCUT2D eigenvalue weighted by Crippen LogP contribution is 2.23. The summed E-state index contributed by atoms with van der Waals surface area (Å²) in [5.74, 6) is 0.237. The van der Waals surface area contributed by atoms with Crippen molar-refractivity contribution in [3.63, 3.8) is 0 Å². The fourth-order valence-electron chi connectivity index (χ4n) is 3.15. The number of nitro benzene ring substituents is 1. The van der Waals surface area contributed by atoms with E-state index in [0.29, 0.717) is 17.2 Å². The number of nitro groups is 1. The van der Waals surface area contributed by atoms with Crippen LogP contribution in [0.4, 0.5) is 17.2 Å². The van der Waals surface area contributed by atoms with E-state index < -0.39 is 20.9 Å². The van der Waals surface area contributed by atoms with Gasteiger partial charge in [-0.05, 0) is 48.5 Å². The highest BCUT2D eigenvalue weighted by molar-refractivity contribution is 7.92. The van der Waals surface area contributed by atoms with Crippen molar-refractivity contribution >= 4 is 33.1 Å². The molecule has 1 amide bonds. The molecule has 0 saturated carbocycles. The predicted molar refractivity (Wildman–Crippen MR) is 136 cm³/mol. The average molecular weight is 556 g/mol. The number of methoxy groups -OCH3 is 2. The molecule has 0 spiro atoms. The van der Waals surface area contributed by atoms with Crippen molar-refractivity contribution in [3.05, 3.63) is 88.4 Å². The van der Waals surface area contributed by atoms with Crippen molar-refractivity contribution in [2.45, 2.75) is 11.5 Å². The summed E-state index contributed by atoms with van der Waals surface area (Å²) in [6.45, 7) is -0.00523. The fraction of sp³-hybridized carbons (Fsp3) is 0.125. The molecule has 4 rings (SSSR count). The maximum absolute atomic E-state index is 12.8. The molecule has 0 fully saturated rings. The Morgan fingerprint density at radius 3 is 2.36 bits per heavy atom. The number of ether oxygens (including phenoxy) is 3. The van der Waals surface area contributed by atoms with E-state index in [2.05, 4.69) is 20.0 Å². The number of hydrogen-bond acceptors (Lipinski definition) is 11. The Kier molecular flexibility index (Phi) is 7.90. The number of nitrogens with one attached hydrogen (secondary N) is 2. The van der Waals surface area contributed by atoms with Gasteiger partial charge in [-0.2, -0.15) is 9.97 Å². The molecular weight excluding hydrogens is 534 g/mol. The molecule has 14 nitrogen and oxygen atoms in total. The Bertz CT molecular complexity index is 1560. The summed E-state index contributed by atoms with van der Waals surface area (Å²) < 4.78 is 48.8. The molecule has 2 aromatic carbocycles. The van der Waals surface area contributed by atoms with E-state index in [1.165, 1.54) is 74.9 Å². The van der Waals surface area contributed by atoms with Gasteiger partial charge in [-0.25, -0.2) is 8.42 Å². The zero-order valence-corrected chi connectivity index (χ0v) is 21.3. The van der Waals surface area contributed by atoms with Crippen LogP contribution in [0.3, 0.4) is 0 Å². The molecule has 0 atom stereocenters. The van der Waals surface area contributed by atoms with E-state index in [4.69, 9.17) is 18.6 Å². The highest BCUT2D eigenvalue weighted by atomic mass is 32.2. The highest BCUT2D eigenvalue weighted by Gasteiger charge is 2.18. The van der Waals surface area contributed by atoms with Crippen LogP contribution in [-0.4, -0.2) is 43.4 Å². The molecule has 0 aliphatic heterocycles. The third-order valence-electron chi connectivity index (χ3n) is 5.05. The molecule has 0 aliphatic carbocycles. The molecule has 0 unspecified atom stereocenters. The standard InChI is InChI=1S/C24H21N5O9S/c1-35-22-13-21(26-24(27-22)36-2)28-39(33,34)19-10-3-15(4-11-19)25-23(30)20-12-9-18(38-20)14-37-17-7-5-16(6-8-17)29(31)32/h3-13H,14H2,1-2H3,(H,25,30)(H,26,27,28). The van der Waals surface area contributed by atoms with Gasteiger partial charge >= 0.3 is 6.01 Å². The van der Waals surface area contributed by atoms with Crippen LogP contribution in [0.15, 0.2) is 76.0 Å². The van der Waals surface area contributed by atoms with Gasteiger partial charge in [0.25, 0.3) is 21.6 Å². The Morgan fingerprint density at radius 2 is 1.72 bits per heavy atom. The number of anilines is 2. The van der Waals surface area contributed by atoms with Crippen molar-refractivity contribution in [1.29, 1.82) is 0 Å². The van der Waals surface area contributed by atoms with Crippen LogP contribution in [0.2, 0.25) is 0 Å². The third-order valence-corrected chi connectivity index (χ3v) is 6.42. The monoisotopic (exact) mass is 555 g/mol. The molecule has 4 aromatic rings. The molecule has 202 valence electrons. The van der Waals surface area contributed by atoms with Gasteiger partial charge in [0.15, 0.2) is 11.6 Å². The van der Waals surface area contributed by atoms with Gasteiger partial charge in [0.05, 0.1) is 24.0 Å². The summed E-state index contributed by atoms with van der Waals surface area (Å²) in [5, 5.41) is 13.3. The van der Waals surface area contributed by atoms with E-state index in [9.17, 15) is 23.3 Å². The molecule has 15 heteroatoms. The summed E-state index contributed by atoms with van der Waals surface area (Å²) in [5.41, 5.74) is 0.262. The van der Waals surface area contributed by atoms with Crippen LogP contribution in [0.5, 0.6) is 17.6 Å². The number of nitrogens with zero attached hydrogens (tertiary/aromatic N) is 3. The zero-order valence-electron chi connectivity index (χ0n) is 20.5. The van der Waals surface area contributed by atoms with Crippen molar-refractivity contribution in [2.24, 2.45) is 0 Å². The van der Waals surface area contributed by atoms with E-state index >= 15 is 0 Å². The summed E-state index contributed by atoms with van der Waals surface area (Å²) in [4.78, 5) is 30.5. The number of aromatic nitrogens is 2. The van der Waals surface area contributed by atoms with Gasteiger partial charge in [0.2, 0.25) is 5.88 Å². The predicted octanol–water partition coefficient (Wildman–Crippen LogP) is 3.63. The number of amides is 1. The number of rotatable bonds is 11. The number of sulfonamides is 1. The third kappa shape index (κ3) is 6.78. The molecule has 0 saturated heterocycles. The second-order valence-corrected chi connectivity index (χ2v) is 9.35. The van der Waals surface area contributed by atoms with Crippen molar-refractivity contribution in [1.82, 2.24) is 9.97 Å². The summed E-state index contributed by atoms with van der Waals surface area (Å²) in [7, 11) is -1.32. The van der Waals surface area contributed by atoms with Crippen LogP contribution < -0.4 is 24.2 Å². The fourth-order valence-corrected chi connectivity index (χ4v) is 4.15. The van der Waals surface area contributed by atoms with Gasteiger partial charge in [-0.15, -0.1) is 0 Å². The van der Waals surface area contributed by atoms with Gasteiger partial charge in [0, 0.05) is 23.9 Å². The maximum Gasteiger partial charge on any atom is 0.321 e. The largest absolute Gasteiger partial charge is 0.486 e. The quantitative estimate of drug-likeness (QED) is 0.203. The van der Waals surface area contributed by atoms with E-state index in [-0.39, 0.29) is 40.7 Å². The summed E-state index contributed by atoms with van der Waals surface area (Å²) in [6, 6.07) is 15.2. The van der Waals surface area contributed by atoms with E-state index in [1.807, 2.05) is 0 Å². The second kappa shape index (κ2) is 11.5. The smallest absolute Gasteiger partial charge is 0.321 e. The minimum atomic E-state index is -4.02. The summed E-state index contributed by atoms with van der Waals surface area (Å²) in [6.07, 6.45) is 0. The molecule has 39 heavy (non-hydrogen) atoms. The van der Waals surface area contributed by atoms with Crippen LogP contribution >= 0.6 is 0 Å². The number of benzene rings is 2. The van der Waals surface area contributed by atoms with Gasteiger partial charge in [-0.3, -0.25) is 19.6 Å². The first kappa shape index (κ1) is 26.9. The molecule has 0 aliphatic rings. The van der Waals surface area contributed by atoms with Gasteiger partial charge < -0.3 is 23.9 Å². The van der Waals surface area contributed by atoms with Crippen molar-refractivity contribution in [2.75, 3.05) is 24.3 Å². The summed E-state index contributed by atoms with van der Waals surface area (Å²) >= 11 is 0. The molecule has 2 aromatic heterocycles. The number of non-ortho nitro benzene ring substituents is 1. The molecule has 0 bridgehead atoms. The lowest BCUT2D eigenvalue weighted by molar-refractivity contribution is -0.384. The normalized spacial score (nSPS) is 10.9. The Balaban J connectivity index is 1.36. The lowest BCUT2D eigenvalue weighted by atomic mass is 10.3. The van der Waals surface area contributed by atoms with E-state index in [0.717, 1.165) is 0 Å². The van der Waals surface area contributed by atoms with Gasteiger partial charge in [0.1, 0.15) is 18.1 Å². The van der Waals surface area contributed by atoms with Crippen molar-refractivity contribution < 1.29 is 36.8 Å². The lowest BCUT2D eigenvalue weighted by Crippen LogP contribution is -2.15. The van der Waals surface area contributed by atoms with Crippen LogP contribution in [-0.2, 0) is 16.6 Å². The first-order chi connectivity index (χ1) is 18.7. The van der Waals surface area contributed by atoms with Crippen LogP contribution in [0, 0.1) is 10.1 Å². The Morgan fingerprint density at radius 1 is 1.00 bits per heavy atom. The Hall–Kier alpha value is -5.18. The maximum atomic E-state index is 12.8. The molecule has 0 radical (unpaired) electrons. The Labute approximate surface area is 221 Å². The molecule has 2 N–H and O–H groups in total. The van der Waals surface area contributed by atoms with Crippen LogP contribution in [0.25, 0.3) is 0 Å². The van der Waals surface area contributed by atoms with Gasteiger partial charge in [-0.1, -0.05) is 0 Å². The first-order valence-corrected chi connectivity index (χ1v) is 12.5. The first-order valence-electron chi connectivity index (χ1n) is 11.0. The van der Waals surface area contributed by atoms with E-state index in [1.54, 1.807) is 6.07 Å². The molecular formula is C24H21N5O9S. The van der Waals surface area contributed by atoms with Crippen molar-refractivity contribution in [3.8, 4) is 17.6 Å². The topological polar surface area (TPSA) is 185 Å². The SMILES string of the molecule is COc1cc(NS(=O)(=O)c2ccc(NC(=O)c3ccc(COc4ccc([N+](=O)[O-])cc4)o3)cc2)nc(OC)n1. The van der Waals surface area contributed by atoms with Crippen LogP contribution in [0.1, 0.15) is 16.3 Å². The average Bonchev–Trinajstić information content (AvgIpc) is 3.41. The number of carbonyl (C=O) groups is 1. The number of furan rings is 1. The number of carbonyl (C=O) groups excluding carboxylic acids is 1. The number of hydrogen-bond donors (Lipinski definition) is 2. The second-order valence-electron chi connectivity index (χ2n) is 7.67. The minimum absolute atomic E-state index is 0.00215. The molecule has 2 heterocycles. The lowest BCUT2D eigenvalue weighted by Gasteiger charge is -2.10.